The number of hydrogen-bond acceptors (Lipinski definition) is 9. The summed E-state index contributed by atoms with van der Waals surface area (Å²) in [5.41, 5.74) is 3.95. The van der Waals surface area contributed by atoms with Crippen LogP contribution in [-0.2, 0) is 4.74 Å². The van der Waals surface area contributed by atoms with E-state index in [0.717, 1.165) is 58.5 Å². The van der Waals surface area contributed by atoms with Crippen LogP contribution in [0.5, 0.6) is 0 Å². The molecule has 31 heavy (non-hydrogen) atoms. The Bertz CT molecular complexity index is 620. The van der Waals surface area contributed by atoms with E-state index in [1.54, 1.807) is 0 Å². The van der Waals surface area contributed by atoms with Crippen molar-refractivity contribution in [1.82, 2.24) is 41.9 Å². The molecule has 9 unspecified atom stereocenters. The lowest BCUT2D eigenvalue weighted by Crippen LogP contribution is -2.68. The summed E-state index contributed by atoms with van der Waals surface area (Å²) in [5.74, 6) is 1.12. The maximum atomic E-state index is 6.55. The van der Waals surface area contributed by atoms with Gasteiger partial charge in [0.1, 0.15) is 0 Å². The predicted octanol–water partition coefficient (Wildman–Crippen LogP) is -1.25. The number of piperidine rings is 2. The molecule has 9 heteroatoms. The number of likely N-dealkylation sites (tertiary alicyclic amines) is 1. The fourth-order valence-electron chi connectivity index (χ4n) is 6.77. The second-order valence-corrected chi connectivity index (χ2v) is 10.6. The fourth-order valence-corrected chi connectivity index (χ4v) is 6.77. The standard InChI is InChI=1S/C22H42N8O/c1-14-5-10-31-18-3-6-23-12-16(18)21-24-7-4-19(27-21)26-20-11-17-15(13-25-20)22(28-30(14)17)29-8-2-9-29/h14-28H,2-13H2,1H3. The molecule has 176 valence electrons. The van der Waals surface area contributed by atoms with Crippen LogP contribution < -0.4 is 32.0 Å². The number of nitrogens with one attached hydrogen (secondary N) is 6. The van der Waals surface area contributed by atoms with E-state index in [1.165, 1.54) is 19.5 Å². The Hall–Kier alpha value is -0.360. The summed E-state index contributed by atoms with van der Waals surface area (Å²) in [5, 5.41) is 21.6. The van der Waals surface area contributed by atoms with Crippen LogP contribution >= 0.6 is 0 Å². The molecule has 0 saturated carbocycles. The van der Waals surface area contributed by atoms with Crippen molar-refractivity contribution in [3.8, 4) is 0 Å². The molecule has 9 atom stereocenters. The summed E-state index contributed by atoms with van der Waals surface area (Å²) in [6.45, 7) is 9.94. The first-order valence-corrected chi connectivity index (χ1v) is 12.9. The maximum absolute atomic E-state index is 6.55. The normalized spacial score (nSPS) is 49.6. The molecule has 6 fully saturated rings. The van der Waals surface area contributed by atoms with Crippen molar-refractivity contribution in [2.45, 2.75) is 81.9 Å². The molecular formula is C22H42N8O. The van der Waals surface area contributed by atoms with Gasteiger partial charge in [0.05, 0.1) is 30.8 Å². The van der Waals surface area contributed by atoms with Gasteiger partial charge in [-0.3, -0.25) is 15.5 Å². The highest BCUT2D eigenvalue weighted by Crippen LogP contribution is 2.34. The topological polar surface area (TPSA) is 87.9 Å². The highest BCUT2D eigenvalue weighted by molar-refractivity contribution is 5.02. The van der Waals surface area contributed by atoms with Gasteiger partial charge in [0, 0.05) is 56.7 Å². The van der Waals surface area contributed by atoms with Crippen molar-refractivity contribution in [2.75, 3.05) is 45.9 Å². The second kappa shape index (κ2) is 9.12. The van der Waals surface area contributed by atoms with Gasteiger partial charge in [0.15, 0.2) is 0 Å². The van der Waals surface area contributed by atoms with E-state index >= 15 is 0 Å². The zero-order chi connectivity index (χ0) is 20.8. The Morgan fingerprint density at radius 1 is 0.903 bits per heavy atom. The third-order valence-electron chi connectivity index (χ3n) is 8.71. The van der Waals surface area contributed by atoms with E-state index in [0.29, 0.717) is 54.7 Å². The Labute approximate surface area is 186 Å². The second-order valence-electron chi connectivity index (χ2n) is 10.6. The Morgan fingerprint density at radius 3 is 2.71 bits per heavy atom. The zero-order valence-electron chi connectivity index (χ0n) is 19.0. The van der Waals surface area contributed by atoms with Gasteiger partial charge in [0.2, 0.25) is 0 Å². The van der Waals surface area contributed by atoms with Crippen LogP contribution in [0.15, 0.2) is 0 Å². The first kappa shape index (κ1) is 21.2. The molecule has 0 aromatic rings. The van der Waals surface area contributed by atoms with Crippen molar-refractivity contribution in [1.29, 1.82) is 0 Å². The van der Waals surface area contributed by atoms with Crippen molar-refractivity contribution in [2.24, 2.45) is 11.8 Å². The minimum Gasteiger partial charge on any atom is -0.378 e. The third kappa shape index (κ3) is 4.18. The molecule has 0 radical (unpaired) electrons. The lowest BCUT2D eigenvalue weighted by Gasteiger charge is -2.45. The highest BCUT2D eigenvalue weighted by atomic mass is 16.5. The summed E-state index contributed by atoms with van der Waals surface area (Å²) in [4.78, 5) is 2.64. The number of hydrazine groups is 1. The smallest absolute Gasteiger partial charge is 0.0788 e. The van der Waals surface area contributed by atoms with Crippen molar-refractivity contribution < 1.29 is 4.74 Å². The summed E-state index contributed by atoms with van der Waals surface area (Å²) in [7, 11) is 0. The van der Waals surface area contributed by atoms with Crippen LogP contribution in [0.25, 0.3) is 0 Å². The lowest BCUT2D eigenvalue weighted by atomic mass is 9.88. The average Bonchev–Trinajstić information content (AvgIpc) is 3.11. The molecule has 9 nitrogen and oxygen atoms in total. The number of fused-ring (bicyclic) bond motifs is 5. The van der Waals surface area contributed by atoms with Gasteiger partial charge in [-0.25, -0.2) is 10.4 Å². The molecular weight excluding hydrogens is 392 g/mol. The Kier molecular flexibility index (Phi) is 6.23. The van der Waals surface area contributed by atoms with E-state index in [4.69, 9.17) is 4.74 Å². The SMILES string of the molecule is CC1CCOC2CCNCC2C2NCCC(NC3CC4C(CN3)C(N3CCC3)NN14)N2. The van der Waals surface area contributed by atoms with Crippen LogP contribution in [0.4, 0.5) is 0 Å². The molecule has 0 spiro atoms. The van der Waals surface area contributed by atoms with E-state index in [2.05, 4.69) is 48.8 Å². The van der Waals surface area contributed by atoms with Crippen LogP contribution in [0.2, 0.25) is 0 Å². The minimum absolute atomic E-state index is 0.307. The lowest BCUT2D eigenvalue weighted by molar-refractivity contribution is -0.0402. The molecule has 4 bridgehead atoms. The number of ether oxygens (including phenoxy) is 1. The number of nitrogens with zero attached hydrogens (tertiary/aromatic N) is 2. The highest BCUT2D eigenvalue weighted by Gasteiger charge is 2.49. The van der Waals surface area contributed by atoms with E-state index in [1.807, 2.05) is 0 Å². The number of rotatable bonds is 1. The van der Waals surface area contributed by atoms with Crippen LogP contribution in [0, 0.1) is 11.8 Å². The molecule has 6 N–H and O–H groups in total. The monoisotopic (exact) mass is 434 g/mol. The molecule has 6 heterocycles. The first-order valence-electron chi connectivity index (χ1n) is 12.9. The zero-order valence-corrected chi connectivity index (χ0v) is 19.0. The quantitative estimate of drug-likeness (QED) is 0.303. The largest absolute Gasteiger partial charge is 0.378 e. The third-order valence-corrected chi connectivity index (χ3v) is 8.71. The average molecular weight is 435 g/mol. The van der Waals surface area contributed by atoms with Gasteiger partial charge in [-0.15, -0.1) is 0 Å². The Morgan fingerprint density at radius 2 is 1.84 bits per heavy atom. The molecule has 0 aromatic carbocycles. The van der Waals surface area contributed by atoms with Gasteiger partial charge < -0.3 is 20.7 Å². The van der Waals surface area contributed by atoms with Crippen LogP contribution in [0.3, 0.4) is 0 Å². The van der Waals surface area contributed by atoms with Crippen LogP contribution in [0.1, 0.15) is 39.0 Å². The van der Waals surface area contributed by atoms with Gasteiger partial charge >= 0.3 is 0 Å². The number of hydrogen-bond donors (Lipinski definition) is 6. The molecule has 0 aliphatic carbocycles. The molecule has 6 aliphatic rings. The summed E-state index contributed by atoms with van der Waals surface area (Å²) >= 11 is 0. The summed E-state index contributed by atoms with van der Waals surface area (Å²) in [6.07, 6.45) is 7.62. The predicted molar refractivity (Wildman–Crippen MR) is 120 cm³/mol. The van der Waals surface area contributed by atoms with Crippen LogP contribution in [-0.4, -0.2) is 98.6 Å². The molecule has 0 amide bonds. The molecule has 0 aromatic heterocycles. The Balaban J connectivity index is 1.22. The first-order chi connectivity index (χ1) is 15.3. The van der Waals surface area contributed by atoms with Crippen molar-refractivity contribution in [3.63, 3.8) is 0 Å². The molecule has 6 aliphatic heterocycles. The van der Waals surface area contributed by atoms with Crippen molar-refractivity contribution in [3.05, 3.63) is 0 Å². The van der Waals surface area contributed by atoms with Gasteiger partial charge in [-0.05, 0) is 52.1 Å². The van der Waals surface area contributed by atoms with Gasteiger partial charge in [-0.1, -0.05) is 0 Å². The fraction of sp³-hybridized carbons (Fsp3) is 1.00. The van der Waals surface area contributed by atoms with Crippen molar-refractivity contribution >= 4 is 0 Å². The molecule has 6 saturated heterocycles. The summed E-state index contributed by atoms with van der Waals surface area (Å²) in [6, 6.07) is 1.06. The van der Waals surface area contributed by atoms with E-state index in [9.17, 15) is 0 Å². The van der Waals surface area contributed by atoms with Gasteiger partial charge in [0.25, 0.3) is 0 Å². The minimum atomic E-state index is 0.307. The van der Waals surface area contributed by atoms with Gasteiger partial charge in [-0.2, -0.15) is 0 Å². The van der Waals surface area contributed by atoms with E-state index < -0.39 is 0 Å². The van der Waals surface area contributed by atoms with E-state index in [-0.39, 0.29) is 0 Å². The molecule has 6 rings (SSSR count). The summed E-state index contributed by atoms with van der Waals surface area (Å²) < 4.78 is 6.55. The maximum Gasteiger partial charge on any atom is 0.0788 e.